The molecule has 1 rings (SSSR count). The fourth-order valence-electron chi connectivity index (χ4n) is 1.16. The van der Waals surface area contributed by atoms with Crippen LogP contribution < -0.4 is 0 Å². The predicted octanol–water partition coefficient (Wildman–Crippen LogP) is 3.31. The predicted molar refractivity (Wildman–Crippen MR) is 63.1 cm³/mol. The Morgan fingerprint density at radius 2 is 2.14 bits per heavy atom. The first kappa shape index (κ1) is 11.7. The molecule has 1 atom stereocenters. The van der Waals surface area contributed by atoms with Crippen molar-refractivity contribution < 1.29 is 9.90 Å². The first-order chi connectivity index (χ1) is 6.54. The Morgan fingerprint density at radius 1 is 1.50 bits per heavy atom. The molecule has 2 nitrogen and oxygen atoms in total. The van der Waals surface area contributed by atoms with Gasteiger partial charge in [-0.15, -0.1) is 0 Å². The molecular weight excluding hydrogens is 312 g/mol. The number of ketones is 1. The van der Waals surface area contributed by atoms with Crippen LogP contribution >= 0.6 is 31.9 Å². The Morgan fingerprint density at radius 3 is 2.64 bits per heavy atom. The van der Waals surface area contributed by atoms with Crippen LogP contribution in [0.25, 0.3) is 0 Å². The SMILES string of the molecule is CC(=O)C(Br)c1cc(O)cc(CBr)c1. The normalized spacial score (nSPS) is 12.5. The van der Waals surface area contributed by atoms with Gasteiger partial charge < -0.3 is 5.11 Å². The summed E-state index contributed by atoms with van der Waals surface area (Å²) in [5.74, 6) is 0.207. The van der Waals surface area contributed by atoms with Crippen LogP contribution in [0.4, 0.5) is 0 Å². The standard InChI is InChI=1S/C10H10Br2O2/c1-6(13)10(12)8-2-7(5-11)3-9(14)4-8/h2-4,10,14H,5H2,1H3. The Hall–Kier alpha value is -0.350. The lowest BCUT2D eigenvalue weighted by Crippen LogP contribution is -2.01. The van der Waals surface area contributed by atoms with Crippen LogP contribution in [0.1, 0.15) is 22.9 Å². The summed E-state index contributed by atoms with van der Waals surface area (Å²) in [6, 6.07) is 5.14. The van der Waals surface area contributed by atoms with Gasteiger partial charge in [0.1, 0.15) is 11.5 Å². The number of benzene rings is 1. The van der Waals surface area contributed by atoms with Crippen LogP contribution in [-0.2, 0) is 10.1 Å². The number of halogens is 2. The molecule has 0 heterocycles. The molecule has 0 radical (unpaired) electrons. The van der Waals surface area contributed by atoms with Crippen LogP contribution in [-0.4, -0.2) is 10.9 Å². The summed E-state index contributed by atoms with van der Waals surface area (Å²) < 4.78 is 0. The maximum atomic E-state index is 11.1. The zero-order valence-electron chi connectivity index (χ0n) is 7.63. The van der Waals surface area contributed by atoms with E-state index in [2.05, 4.69) is 31.9 Å². The largest absolute Gasteiger partial charge is 0.508 e. The van der Waals surface area contributed by atoms with E-state index in [1.807, 2.05) is 6.07 Å². The number of alkyl halides is 2. The van der Waals surface area contributed by atoms with Gasteiger partial charge in [-0.3, -0.25) is 4.79 Å². The second kappa shape index (κ2) is 4.94. The number of aromatic hydroxyl groups is 1. The van der Waals surface area contributed by atoms with E-state index in [0.29, 0.717) is 5.33 Å². The molecule has 1 unspecified atom stereocenters. The number of hydrogen-bond acceptors (Lipinski definition) is 2. The van der Waals surface area contributed by atoms with E-state index >= 15 is 0 Å². The lowest BCUT2D eigenvalue weighted by Gasteiger charge is -2.08. The van der Waals surface area contributed by atoms with Crippen LogP contribution in [0, 0.1) is 0 Å². The Bertz CT molecular complexity index is 350. The average molecular weight is 322 g/mol. The summed E-state index contributed by atoms with van der Waals surface area (Å²) in [5, 5.41) is 10.1. The van der Waals surface area contributed by atoms with E-state index in [9.17, 15) is 9.90 Å². The number of phenolic OH excluding ortho intramolecular Hbond substituents is 1. The maximum Gasteiger partial charge on any atom is 0.147 e. The first-order valence-corrected chi connectivity index (χ1v) is 6.11. The molecule has 0 aliphatic heterocycles. The molecule has 1 N–H and O–H groups in total. The van der Waals surface area contributed by atoms with Crippen LogP contribution in [0.15, 0.2) is 18.2 Å². The minimum absolute atomic E-state index is 0.0242. The van der Waals surface area contributed by atoms with E-state index in [-0.39, 0.29) is 16.4 Å². The molecule has 0 amide bonds. The molecule has 0 aliphatic carbocycles. The zero-order chi connectivity index (χ0) is 10.7. The third-order valence-corrected chi connectivity index (χ3v) is 3.62. The number of hydrogen-bond donors (Lipinski definition) is 1. The molecule has 1 aromatic rings. The van der Waals surface area contributed by atoms with Gasteiger partial charge in [-0.2, -0.15) is 0 Å². The van der Waals surface area contributed by atoms with Crippen molar-refractivity contribution in [3.8, 4) is 5.75 Å². The topological polar surface area (TPSA) is 37.3 Å². The fourth-order valence-corrected chi connectivity index (χ4v) is 1.75. The molecule has 76 valence electrons. The fraction of sp³-hybridized carbons (Fsp3) is 0.300. The Labute approximate surface area is 99.6 Å². The first-order valence-electron chi connectivity index (χ1n) is 4.08. The molecule has 0 saturated heterocycles. The van der Waals surface area contributed by atoms with Crippen molar-refractivity contribution >= 4 is 37.6 Å². The lowest BCUT2D eigenvalue weighted by molar-refractivity contribution is -0.116. The Kier molecular flexibility index (Phi) is 4.13. The Balaban J connectivity index is 3.08. The number of carbonyl (C=O) groups is 1. The van der Waals surface area contributed by atoms with Gasteiger partial charge in [0.2, 0.25) is 0 Å². The molecule has 0 bridgehead atoms. The molecule has 0 aromatic heterocycles. The van der Waals surface area contributed by atoms with Crippen molar-refractivity contribution in [1.82, 2.24) is 0 Å². The van der Waals surface area contributed by atoms with Gasteiger partial charge in [0.15, 0.2) is 0 Å². The van der Waals surface area contributed by atoms with E-state index in [1.54, 1.807) is 12.1 Å². The van der Waals surface area contributed by atoms with Crippen molar-refractivity contribution in [2.24, 2.45) is 0 Å². The van der Waals surface area contributed by atoms with Crippen molar-refractivity contribution in [3.63, 3.8) is 0 Å². The monoisotopic (exact) mass is 320 g/mol. The smallest absolute Gasteiger partial charge is 0.147 e. The van der Waals surface area contributed by atoms with Crippen molar-refractivity contribution in [2.45, 2.75) is 17.1 Å². The van der Waals surface area contributed by atoms with E-state index in [0.717, 1.165) is 11.1 Å². The van der Waals surface area contributed by atoms with Gasteiger partial charge in [-0.05, 0) is 30.2 Å². The van der Waals surface area contributed by atoms with Gasteiger partial charge >= 0.3 is 0 Å². The van der Waals surface area contributed by atoms with Gasteiger partial charge in [-0.25, -0.2) is 0 Å². The number of phenols is 1. The highest BCUT2D eigenvalue weighted by Gasteiger charge is 2.13. The van der Waals surface area contributed by atoms with Gasteiger partial charge in [0, 0.05) is 5.33 Å². The van der Waals surface area contributed by atoms with Gasteiger partial charge in [-0.1, -0.05) is 37.9 Å². The van der Waals surface area contributed by atoms with E-state index < -0.39 is 0 Å². The summed E-state index contributed by atoms with van der Waals surface area (Å²) in [4.78, 5) is 10.8. The van der Waals surface area contributed by atoms with Crippen LogP contribution in [0.3, 0.4) is 0 Å². The van der Waals surface area contributed by atoms with Crippen LogP contribution in [0.5, 0.6) is 5.75 Å². The second-order valence-electron chi connectivity index (χ2n) is 3.04. The lowest BCUT2D eigenvalue weighted by atomic mass is 10.1. The molecule has 14 heavy (non-hydrogen) atoms. The molecule has 0 spiro atoms. The quantitative estimate of drug-likeness (QED) is 0.867. The van der Waals surface area contributed by atoms with E-state index in [1.165, 1.54) is 6.92 Å². The third kappa shape index (κ3) is 2.82. The molecule has 0 aliphatic rings. The van der Waals surface area contributed by atoms with E-state index in [4.69, 9.17) is 0 Å². The molecule has 0 saturated carbocycles. The van der Waals surface area contributed by atoms with Gasteiger partial charge in [0.05, 0.1) is 4.83 Å². The minimum atomic E-state index is -0.340. The molecule has 4 heteroatoms. The third-order valence-electron chi connectivity index (χ3n) is 1.80. The molecule has 1 aromatic carbocycles. The minimum Gasteiger partial charge on any atom is -0.508 e. The average Bonchev–Trinajstić information content (AvgIpc) is 2.15. The molecular formula is C10H10Br2O2. The van der Waals surface area contributed by atoms with Crippen molar-refractivity contribution in [2.75, 3.05) is 0 Å². The highest BCUT2D eigenvalue weighted by Crippen LogP contribution is 2.28. The summed E-state index contributed by atoms with van der Waals surface area (Å²) >= 11 is 6.57. The summed E-state index contributed by atoms with van der Waals surface area (Å²) in [7, 11) is 0. The maximum absolute atomic E-state index is 11.1. The van der Waals surface area contributed by atoms with Crippen molar-refractivity contribution in [1.29, 1.82) is 0 Å². The number of carbonyl (C=O) groups excluding carboxylic acids is 1. The summed E-state index contributed by atoms with van der Waals surface area (Å²) in [6.07, 6.45) is 0. The zero-order valence-corrected chi connectivity index (χ0v) is 10.8. The highest BCUT2D eigenvalue weighted by molar-refractivity contribution is 9.09. The van der Waals surface area contributed by atoms with Crippen molar-refractivity contribution in [3.05, 3.63) is 29.3 Å². The molecule has 0 fully saturated rings. The highest BCUT2D eigenvalue weighted by atomic mass is 79.9. The number of rotatable bonds is 3. The summed E-state index contributed by atoms with van der Waals surface area (Å²) in [5.41, 5.74) is 1.73. The summed E-state index contributed by atoms with van der Waals surface area (Å²) in [6.45, 7) is 1.51. The number of Topliss-reactive ketones (excluding diaryl/α,β-unsaturated/α-hetero) is 1. The second-order valence-corrected chi connectivity index (χ2v) is 4.52. The van der Waals surface area contributed by atoms with Gasteiger partial charge in [0.25, 0.3) is 0 Å². The van der Waals surface area contributed by atoms with Crippen LogP contribution in [0.2, 0.25) is 0 Å².